The number of benzene rings is 1. The number of thioether (sulfide) groups is 1. The molecule has 0 atom stereocenters. The van der Waals surface area contributed by atoms with Gasteiger partial charge in [0.2, 0.25) is 0 Å². The van der Waals surface area contributed by atoms with E-state index in [4.69, 9.17) is 0 Å². The van der Waals surface area contributed by atoms with Crippen LogP contribution in [-0.4, -0.2) is 15.5 Å². The molecule has 0 aliphatic carbocycles. The smallest absolute Gasteiger partial charge is 0.288 e. The van der Waals surface area contributed by atoms with Gasteiger partial charge in [0.05, 0.1) is 5.69 Å². The van der Waals surface area contributed by atoms with E-state index >= 15 is 0 Å². The Morgan fingerprint density at radius 1 is 1.24 bits per heavy atom. The van der Waals surface area contributed by atoms with Crippen molar-refractivity contribution in [1.29, 1.82) is 0 Å². The molecule has 0 spiro atoms. The van der Waals surface area contributed by atoms with E-state index in [0.717, 1.165) is 16.9 Å². The Morgan fingerprint density at radius 3 is 2.48 bits per heavy atom. The highest BCUT2D eigenvalue weighted by Gasteiger charge is 2.11. The average Bonchev–Trinajstić information content (AvgIpc) is 2.79. The van der Waals surface area contributed by atoms with Crippen LogP contribution in [0.4, 0.5) is 14.5 Å². The van der Waals surface area contributed by atoms with E-state index in [1.807, 2.05) is 30.1 Å². The Labute approximate surface area is 127 Å². The fourth-order valence-electron chi connectivity index (χ4n) is 2.13. The lowest BCUT2D eigenvalue weighted by atomic mass is 10.1. The van der Waals surface area contributed by atoms with Gasteiger partial charge in [0.1, 0.15) is 0 Å². The van der Waals surface area contributed by atoms with Gasteiger partial charge in [-0.1, -0.05) is 25.6 Å². The summed E-state index contributed by atoms with van der Waals surface area (Å²) < 4.78 is 26.3. The number of aromatic nitrogens is 2. The third-order valence-electron chi connectivity index (χ3n) is 3.05. The van der Waals surface area contributed by atoms with Crippen LogP contribution in [-0.2, 0) is 13.6 Å². The molecule has 0 bridgehead atoms. The molecule has 0 aliphatic rings. The fourth-order valence-corrected chi connectivity index (χ4v) is 2.63. The fraction of sp³-hybridized carbons (Fsp3) is 0.400. The number of hydrogen-bond acceptors (Lipinski definition) is 3. The average molecular weight is 311 g/mol. The van der Waals surface area contributed by atoms with E-state index in [2.05, 4.69) is 24.3 Å². The van der Waals surface area contributed by atoms with Crippen molar-refractivity contribution >= 4 is 17.4 Å². The van der Waals surface area contributed by atoms with Gasteiger partial charge in [0.25, 0.3) is 5.76 Å². The maximum absolute atomic E-state index is 12.3. The molecule has 2 rings (SSSR count). The summed E-state index contributed by atoms with van der Waals surface area (Å²) in [6.45, 7) is 4.90. The summed E-state index contributed by atoms with van der Waals surface area (Å²) in [5.41, 5.74) is 3.14. The molecule has 0 aliphatic heterocycles. The zero-order valence-corrected chi connectivity index (χ0v) is 13.1. The zero-order valence-electron chi connectivity index (χ0n) is 12.3. The second kappa shape index (κ2) is 6.93. The lowest BCUT2D eigenvalue weighted by Crippen LogP contribution is -2.02. The number of halogens is 2. The minimum absolute atomic E-state index is 0.368. The van der Waals surface area contributed by atoms with Gasteiger partial charge >= 0.3 is 0 Å². The molecule has 114 valence electrons. The van der Waals surface area contributed by atoms with Crippen LogP contribution in [0.25, 0.3) is 0 Å². The highest BCUT2D eigenvalue weighted by molar-refractivity contribution is 7.99. The van der Waals surface area contributed by atoms with Gasteiger partial charge in [-0.05, 0) is 30.2 Å². The van der Waals surface area contributed by atoms with Crippen LogP contribution in [0, 0.1) is 0 Å². The van der Waals surface area contributed by atoms with Crippen molar-refractivity contribution in [3.05, 3.63) is 41.7 Å². The minimum Gasteiger partial charge on any atom is -0.381 e. The highest BCUT2D eigenvalue weighted by atomic mass is 32.2. The van der Waals surface area contributed by atoms with Gasteiger partial charge < -0.3 is 5.32 Å². The van der Waals surface area contributed by atoms with E-state index in [1.54, 1.807) is 12.1 Å². The highest BCUT2D eigenvalue weighted by Crippen LogP contribution is 2.26. The summed E-state index contributed by atoms with van der Waals surface area (Å²) >= 11 is 0.557. The molecular weight excluding hydrogens is 292 g/mol. The van der Waals surface area contributed by atoms with Gasteiger partial charge in [-0.25, -0.2) is 0 Å². The molecule has 1 N–H and O–H groups in total. The second-order valence-corrected chi connectivity index (χ2v) is 6.19. The summed E-state index contributed by atoms with van der Waals surface area (Å²) in [5, 5.41) is 7.76. The Hall–Kier alpha value is -1.56. The van der Waals surface area contributed by atoms with Crippen LogP contribution >= 0.6 is 11.8 Å². The summed E-state index contributed by atoms with van der Waals surface area (Å²) in [6, 6.07) is 7.03. The first-order valence-electron chi connectivity index (χ1n) is 6.77. The van der Waals surface area contributed by atoms with E-state index in [0.29, 0.717) is 29.1 Å². The van der Waals surface area contributed by atoms with Crippen LogP contribution in [0.3, 0.4) is 0 Å². The van der Waals surface area contributed by atoms with E-state index in [1.165, 1.54) is 0 Å². The third-order valence-corrected chi connectivity index (χ3v) is 3.77. The van der Waals surface area contributed by atoms with Gasteiger partial charge in [-0.2, -0.15) is 13.9 Å². The standard InChI is InChI=1S/C15H19F2N3S/c1-10(2)14-11(9-20(3)19-14)8-18-12-4-6-13(7-5-12)21-15(16)17/h4-7,9-10,15,18H,8H2,1-3H3. The topological polar surface area (TPSA) is 29.9 Å². The van der Waals surface area contributed by atoms with Crippen LogP contribution in [0.2, 0.25) is 0 Å². The van der Waals surface area contributed by atoms with Crippen molar-refractivity contribution in [2.75, 3.05) is 5.32 Å². The van der Waals surface area contributed by atoms with E-state index in [9.17, 15) is 8.78 Å². The number of hydrogen-bond donors (Lipinski definition) is 1. The quantitative estimate of drug-likeness (QED) is 0.798. The van der Waals surface area contributed by atoms with Gasteiger partial charge in [0.15, 0.2) is 0 Å². The van der Waals surface area contributed by atoms with Crippen molar-refractivity contribution in [2.45, 2.75) is 37.0 Å². The first kappa shape index (κ1) is 15.8. The summed E-state index contributed by atoms with van der Waals surface area (Å²) in [4.78, 5) is 0.569. The maximum atomic E-state index is 12.3. The molecule has 0 saturated carbocycles. The molecule has 0 saturated heterocycles. The molecule has 21 heavy (non-hydrogen) atoms. The molecule has 0 amide bonds. The largest absolute Gasteiger partial charge is 0.381 e. The molecule has 2 aromatic rings. The minimum atomic E-state index is -2.38. The molecule has 1 heterocycles. The number of nitrogens with zero attached hydrogens (tertiary/aromatic N) is 2. The van der Waals surface area contributed by atoms with Crippen molar-refractivity contribution in [1.82, 2.24) is 9.78 Å². The third kappa shape index (κ3) is 4.46. The van der Waals surface area contributed by atoms with Gasteiger partial charge in [-0.15, -0.1) is 0 Å². The second-order valence-electron chi connectivity index (χ2n) is 5.12. The van der Waals surface area contributed by atoms with Crippen LogP contribution in [0.1, 0.15) is 31.0 Å². The number of aryl methyl sites for hydroxylation is 1. The predicted molar refractivity (Wildman–Crippen MR) is 82.9 cm³/mol. The lowest BCUT2D eigenvalue weighted by Gasteiger charge is -2.09. The maximum Gasteiger partial charge on any atom is 0.288 e. The summed E-state index contributed by atoms with van der Waals surface area (Å²) in [7, 11) is 1.91. The van der Waals surface area contributed by atoms with Crippen molar-refractivity contribution in [3.8, 4) is 0 Å². The first-order valence-corrected chi connectivity index (χ1v) is 7.65. The number of anilines is 1. The first-order chi connectivity index (χ1) is 9.95. The van der Waals surface area contributed by atoms with Crippen molar-refractivity contribution in [2.24, 2.45) is 7.05 Å². The van der Waals surface area contributed by atoms with Gasteiger partial charge in [-0.3, -0.25) is 4.68 Å². The Bertz CT molecular complexity index is 579. The van der Waals surface area contributed by atoms with Crippen molar-refractivity contribution < 1.29 is 8.78 Å². The molecule has 0 fully saturated rings. The molecule has 3 nitrogen and oxygen atoms in total. The van der Waals surface area contributed by atoms with Gasteiger partial charge in [0, 0.05) is 35.9 Å². The SMILES string of the molecule is CC(C)c1nn(C)cc1CNc1ccc(SC(F)F)cc1. The monoisotopic (exact) mass is 311 g/mol. The molecular formula is C15H19F2N3S. The van der Waals surface area contributed by atoms with Crippen molar-refractivity contribution in [3.63, 3.8) is 0 Å². The van der Waals surface area contributed by atoms with E-state index < -0.39 is 5.76 Å². The predicted octanol–water partition coefficient (Wildman–Crippen LogP) is 4.47. The Kier molecular flexibility index (Phi) is 5.22. The Morgan fingerprint density at radius 2 is 1.90 bits per heavy atom. The van der Waals surface area contributed by atoms with E-state index in [-0.39, 0.29) is 0 Å². The zero-order chi connectivity index (χ0) is 15.4. The Balaban J connectivity index is 2.00. The van der Waals surface area contributed by atoms with Crippen LogP contribution in [0.15, 0.2) is 35.4 Å². The summed E-state index contributed by atoms with van der Waals surface area (Å²) in [6.07, 6.45) is 2.00. The number of alkyl halides is 2. The number of nitrogens with one attached hydrogen (secondary N) is 1. The normalized spacial score (nSPS) is 11.4. The molecule has 1 aromatic heterocycles. The molecule has 0 radical (unpaired) electrons. The summed E-state index contributed by atoms with van der Waals surface area (Å²) in [5.74, 6) is -2.01. The molecule has 6 heteroatoms. The molecule has 1 aromatic carbocycles. The van der Waals surface area contributed by atoms with Crippen LogP contribution in [0.5, 0.6) is 0 Å². The van der Waals surface area contributed by atoms with Crippen LogP contribution < -0.4 is 5.32 Å². The number of rotatable bonds is 6. The molecule has 0 unspecified atom stereocenters. The lowest BCUT2D eigenvalue weighted by molar-refractivity contribution is 0.252.